The zero-order valence-corrected chi connectivity index (χ0v) is 14.5. The van der Waals surface area contributed by atoms with E-state index < -0.39 is 6.10 Å². The van der Waals surface area contributed by atoms with Gasteiger partial charge in [-0.2, -0.15) is 0 Å². The number of nitrogens with two attached hydrogens (primary N) is 1. The summed E-state index contributed by atoms with van der Waals surface area (Å²) < 4.78 is 0. The van der Waals surface area contributed by atoms with E-state index in [-0.39, 0.29) is 12.6 Å². The van der Waals surface area contributed by atoms with E-state index in [4.69, 9.17) is 17.3 Å². The van der Waals surface area contributed by atoms with E-state index in [1.807, 2.05) is 12.1 Å². The van der Waals surface area contributed by atoms with Crippen LogP contribution in [0.5, 0.6) is 0 Å². The molecule has 0 spiro atoms. The number of hydrogen-bond donors (Lipinski definition) is 3. The molecule has 0 saturated heterocycles. The first-order chi connectivity index (χ1) is 10.4. The third-order valence-electron chi connectivity index (χ3n) is 3.51. The van der Waals surface area contributed by atoms with Crippen LogP contribution in [0.2, 0.25) is 5.02 Å². The topological polar surface area (TPSA) is 70.6 Å². The van der Waals surface area contributed by atoms with Crippen molar-refractivity contribution in [2.45, 2.75) is 52.2 Å². The van der Waals surface area contributed by atoms with Crippen molar-refractivity contribution in [3.05, 3.63) is 34.9 Å². The molecule has 0 aliphatic rings. The van der Waals surface area contributed by atoms with Crippen LogP contribution in [0.4, 0.5) is 0 Å². The number of nitrogens with zero attached hydrogens (tertiary/aromatic N) is 1. The largest absolute Gasteiger partial charge is 0.386 e. The minimum Gasteiger partial charge on any atom is -0.386 e. The van der Waals surface area contributed by atoms with Crippen molar-refractivity contribution in [3.63, 3.8) is 0 Å². The van der Waals surface area contributed by atoms with Gasteiger partial charge in [-0.05, 0) is 25.3 Å². The van der Waals surface area contributed by atoms with Crippen LogP contribution in [-0.4, -0.2) is 23.7 Å². The summed E-state index contributed by atoms with van der Waals surface area (Å²) in [6.45, 7) is 6.74. The van der Waals surface area contributed by atoms with Gasteiger partial charge in [0.2, 0.25) is 0 Å². The fourth-order valence-corrected chi connectivity index (χ4v) is 2.49. The van der Waals surface area contributed by atoms with Crippen LogP contribution in [0.25, 0.3) is 0 Å². The van der Waals surface area contributed by atoms with Gasteiger partial charge < -0.3 is 16.2 Å². The number of nitrogens with one attached hydrogen (secondary N) is 1. The number of aliphatic imine (C=N–C) groups is 1. The summed E-state index contributed by atoms with van der Waals surface area (Å²) >= 11 is 6.05. The van der Waals surface area contributed by atoms with Gasteiger partial charge in [0.05, 0.1) is 6.54 Å². The maximum absolute atomic E-state index is 10.1. The van der Waals surface area contributed by atoms with Crippen LogP contribution < -0.4 is 11.1 Å². The first-order valence-electron chi connectivity index (χ1n) is 7.89. The molecule has 2 atom stereocenters. The molecule has 0 amide bonds. The molecule has 2 unspecified atom stereocenters. The summed E-state index contributed by atoms with van der Waals surface area (Å²) in [5, 5.41) is 13.8. The maximum atomic E-state index is 10.1. The van der Waals surface area contributed by atoms with Crippen molar-refractivity contribution in [1.82, 2.24) is 5.32 Å². The first-order valence-corrected chi connectivity index (χ1v) is 8.27. The van der Waals surface area contributed by atoms with Crippen molar-refractivity contribution in [2.24, 2.45) is 16.6 Å². The Balaban J connectivity index is 2.40. The van der Waals surface area contributed by atoms with E-state index in [0.717, 1.165) is 12.3 Å². The standard InChI is InChI=1S/C17H28ClN3O/c1-12(2)7-6-8-13(3)21-17(19)20-11-16(22)14-9-4-5-10-15(14)18/h4-5,9-10,12-13,16,22H,6-8,11H2,1-3H3,(H3,19,20,21). The van der Waals surface area contributed by atoms with Crippen LogP contribution in [0, 0.1) is 5.92 Å². The first kappa shape index (κ1) is 18.8. The number of guanidine groups is 1. The Morgan fingerprint density at radius 2 is 1.95 bits per heavy atom. The Labute approximate surface area is 138 Å². The Morgan fingerprint density at radius 3 is 2.59 bits per heavy atom. The van der Waals surface area contributed by atoms with Gasteiger partial charge >= 0.3 is 0 Å². The molecule has 1 aromatic rings. The van der Waals surface area contributed by atoms with E-state index in [0.29, 0.717) is 16.5 Å². The summed E-state index contributed by atoms with van der Waals surface area (Å²) in [6, 6.07) is 7.49. The Hall–Kier alpha value is -1.26. The van der Waals surface area contributed by atoms with Gasteiger partial charge in [-0.3, -0.25) is 4.99 Å². The van der Waals surface area contributed by atoms with E-state index in [1.165, 1.54) is 12.8 Å². The molecule has 124 valence electrons. The van der Waals surface area contributed by atoms with E-state index in [2.05, 4.69) is 31.1 Å². The van der Waals surface area contributed by atoms with Crippen LogP contribution in [0.1, 0.15) is 51.7 Å². The molecule has 22 heavy (non-hydrogen) atoms. The number of halogens is 1. The summed E-state index contributed by atoms with van der Waals surface area (Å²) in [5.74, 6) is 1.09. The smallest absolute Gasteiger partial charge is 0.188 e. The number of aliphatic hydroxyl groups excluding tert-OH is 1. The number of rotatable bonds is 8. The van der Waals surface area contributed by atoms with Gasteiger partial charge in [-0.25, -0.2) is 0 Å². The average molecular weight is 326 g/mol. The second-order valence-corrected chi connectivity index (χ2v) is 6.54. The van der Waals surface area contributed by atoms with E-state index in [1.54, 1.807) is 12.1 Å². The predicted octanol–water partition coefficient (Wildman–Crippen LogP) is 3.49. The maximum Gasteiger partial charge on any atom is 0.188 e. The third kappa shape index (κ3) is 7.14. The summed E-state index contributed by atoms with van der Waals surface area (Å²) in [5.41, 5.74) is 6.54. The monoisotopic (exact) mass is 325 g/mol. The fourth-order valence-electron chi connectivity index (χ4n) is 2.23. The minimum absolute atomic E-state index is 0.196. The molecule has 0 aliphatic heterocycles. The van der Waals surface area contributed by atoms with Crippen LogP contribution >= 0.6 is 11.6 Å². The zero-order chi connectivity index (χ0) is 16.5. The van der Waals surface area contributed by atoms with Gasteiger partial charge in [0.1, 0.15) is 6.10 Å². The molecule has 0 radical (unpaired) electrons. The molecule has 1 rings (SSSR count). The van der Waals surface area contributed by atoms with Gasteiger partial charge in [0, 0.05) is 16.6 Å². The molecule has 0 saturated carbocycles. The Kier molecular flexibility index (Phi) is 8.28. The van der Waals surface area contributed by atoms with Crippen LogP contribution in [-0.2, 0) is 0 Å². The SMILES string of the molecule is CC(C)CCCC(C)NC(N)=NCC(O)c1ccccc1Cl. The second kappa shape index (κ2) is 9.70. The minimum atomic E-state index is -0.745. The van der Waals surface area contributed by atoms with Crippen molar-refractivity contribution in [3.8, 4) is 0 Å². The van der Waals surface area contributed by atoms with E-state index >= 15 is 0 Å². The van der Waals surface area contributed by atoms with Crippen LogP contribution in [0.15, 0.2) is 29.3 Å². The highest BCUT2D eigenvalue weighted by Gasteiger charge is 2.11. The lowest BCUT2D eigenvalue weighted by molar-refractivity contribution is 0.187. The summed E-state index contributed by atoms with van der Waals surface area (Å²) in [4.78, 5) is 4.20. The Morgan fingerprint density at radius 1 is 1.27 bits per heavy atom. The molecule has 5 heteroatoms. The zero-order valence-electron chi connectivity index (χ0n) is 13.7. The number of benzene rings is 1. The van der Waals surface area contributed by atoms with Crippen molar-refractivity contribution < 1.29 is 5.11 Å². The van der Waals surface area contributed by atoms with E-state index in [9.17, 15) is 5.11 Å². The molecule has 4 N–H and O–H groups in total. The second-order valence-electron chi connectivity index (χ2n) is 6.13. The van der Waals surface area contributed by atoms with Crippen molar-refractivity contribution in [2.75, 3.05) is 6.54 Å². The Bertz CT molecular complexity index is 477. The summed E-state index contributed by atoms with van der Waals surface area (Å²) in [7, 11) is 0. The van der Waals surface area contributed by atoms with Crippen LogP contribution in [0.3, 0.4) is 0 Å². The molecule has 0 aromatic heterocycles. The highest BCUT2D eigenvalue weighted by atomic mass is 35.5. The molecule has 0 bridgehead atoms. The number of hydrogen-bond acceptors (Lipinski definition) is 2. The lowest BCUT2D eigenvalue weighted by Gasteiger charge is -2.16. The summed E-state index contributed by atoms with van der Waals surface area (Å²) in [6.07, 6.45) is 2.70. The molecule has 0 fully saturated rings. The molecule has 0 heterocycles. The number of aliphatic hydroxyl groups is 1. The fraction of sp³-hybridized carbons (Fsp3) is 0.588. The molecule has 0 aliphatic carbocycles. The molecule has 1 aromatic carbocycles. The van der Waals surface area contributed by atoms with Crippen molar-refractivity contribution >= 4 is 17.6 Å². The lowest BCUT2D eigenvalue weighted by Crippen LogP contribution is -2.38. The predicted molar refractivity (Wildman–Crippen MR) is 94.2 cm³/mol. The van der Waals surface area contributed by atoms with Gasteiger partial charge in [-0.1, -0.05) is 56.5 Å². The van der Waals surface area contributed by atoms with Crippen molar-refractivity contribution in [1.29, 1.82) is 0 Å². The molecule has 4 nitrogen and oxygen atoms in total. The highest BCUT2D eigenvalue weighted by Crippen LogP contribution is 2.22. The third-order valence-corrected chi connectivity index (χ3v) is 3.86. The lowest BCUT2D eigenvalue weighted by atomic mass is 10.0. The van der Waals surface area contributed by atoms with Gasteiger partial charge in [0.25, 0.3) is 0 Å². The molecular weight excluding hydrogens is 298 g/mol. The molecular formula is C17H28ClN3O. The average Bonchev–Trinajstić information content (AvgIpc) is 2.44. The van der Waals surface area contributed by atoms with Gasteiger partial charge in [-0.15, -0.1) is 0 Å². The highest BCUT2D eigenvalue weighted by molar-refractivity contribution is 6.31. The quantitative estimate of drug-likeness (QED) is 0.506. The normalized spacial score (nSPS) is 14.9. The van der Waals surface area contributed by atoms with Gasteiger partial charge in [0.15, 0.2) is 5.96 Å².